The number of likely N-dealkylation sites (tertiary alicyclic amines) is 1. The molecule has 2 unspecified atom stereocenters. The van der Waals surface area contributed by atoms with E-state index in [1.54, 1.807) is 35.2 Å². The number of amides is 1. The predicted octanol–water partition coefficient (Wildman–Crippen LogP) is 1.07. The minimum Gasteiger partial charge on any atom is -0.481 e. The summed E-state index contributed by atoms with van der Waals surface area (Å²) in [5.41, 5.74) is 0.775. The summed E-state index contributed by atoms with van der Waals surface area (Å²) in [5, 5.41) is 17.9. The Bertz CT molecular complexity index is 709. The van der Waals surface area contributed by atoms with Gasteiger partial charge in [-0.05, 0) is 18.9 Å². The minimum atomic E-state index is -0.867. The Morgan fingerprint density at radius 2 is 2.21 bits per heavy atom. The number of carboxylic acids is 1. The normalized spacial score (nSPS) is 21.2. The van der Waals surface area contributed by atoms with Crippen LogP contribution in [0.5, 0.6) is 0 Å². The van der Waals surface area contributed by atoms with Crippen LogP contribution in [0.3, 0.4) is 0 Å². The first-order chi connectivity index (χ1) is 11.6. The van der Waals surface area contributed by atoms with E-state index in [1.165, 1.54) is 0 Å². The maximum absolute atomic E-state index is 12.4. The molecule has 0 saturated carbocycles. The molecule has 2 atom stereocenters. The molecule has 2 aromatic heterocycles. The van der Waals surface area contributed by atoms with Crippen LogP contribution in [-0.4, -0.2) is 48.0 Å². The van der Waals surface area contributed by atoms with Gasteiger partial charge in [0.15, 0.2) is 0 Å². The van der Waals surface area contributed by atoms with E-state index in [-0.39, 0.29) is 12.3 Å². The third-order valence-corrected chi connectivity index (χ3v) is 4.44. The maximum atomic E-state index is 12.4. The molecule has 1 N–H and O–H groups in total. The van der Waals surface area contributed by atoms with Crippen molar-refractivity contribution in [2.24, 2.45) is 13.0 Å². The van der Waals surface area contributed by atoms with Gasteiger partial charge >= 0.3 is 5.97 Å². The molecular formula is C16H21N5O3. The van der Waals surface area contributed by atoms with Crippen molar-refractivity contribution in [2.75, 3.05) is 6.54 Å². The summed E-state index contributed by atoms with van der Waals surface area (Å²) in [7, 11) is 1.78. The Labute approximate surface area is 139 Å². The quantitative estimate of drug-likeness (QED) is 0.854. The van der Waals surface area contributed by atoms with E-state index in [0.29, 0.717) is 19.5 Å². The van der Waals surface area contributed by atoms with Crippen LogP contribution in [0.25, 0.3) is 0 Å². The van der Waals surface area contributed by atoms with E-state index in [0.717, 1.165) is 12.0 Å². The number of rotatable bonds is 6. The highest BCUT2D eigenvalue weighted by Gasteiger charge is 2.40. The van der Waals surface area contributed by atoms with Gasteiger partial charge in [-0.2, -0.15) is 10.2 Å². The number of hydrogen-bond donors (Lipinski definition) is 1. The number of aromatic nitrogens is 4. The summed E-state index contributed by atoms with van der Waals surface area (Å²) in [6, 6.07) is 1.39. The molecule has 0 aliphatic carbocycles. The summed E-state index contributed by atoms with van der Waals surface area (Å²) in [6.07, 6.45) is 8.39. The van der Waals surface area contributed by atoms with Gasteiger partial charge in [0.05, 0.1) is 18.2 Å². The number of carbonyl (C=O) groups excluding carboxylic acids is 1. The minimum absolute atomic E-state index is 0.00168. The Hall–Kier alpha value is -2.64. The predicted molar refractivity (Wildman–Crippen MR) is 84.9 cm³/mol. The zero-order chi connectivity index (χ0) is 17.1. The first kappa shape index (κ1) is 16.2. The van der Waals surface area contributed by atoms with Crippen LogP contribution in [0, 0.1) is 5.92 Å². The smallest absolute Gasteiger partial charge is 0.308 e. The van der Waals surface area contributed by atoms with E-state index in [2.05, 4.69) is 10.2 Å². The Kier molecular flexibility index (Phi) is 4.64. The molecule has 0 aromatic carbocycles. The molecule has 24 heavy (non-hydrogen) atoms. The average Bonchev–Trinajstić information content (AvgIpc) is 3.20. The molecule has 0 bridgehead atoms. The summed E-state index contributed by atoms with van der Waals surface area (Å²) in [4.78, 5) is 25.8. The largest absolute Gasteiger partial charge is 0.481 e. The molecule has 1 aliphatic heterocycles. The summed E-state index contributed by atoms with van der Waals surface area (Å²) in [6.45, 7) is 1.19. The van der Waals surface area contributed by atoms with E-state index in [9.17, 15) is 14.7 Å². The lowest BCUT2D eigenvalue weighted by Crippen LogP contribution is -2.45. The van der Waals surface area contributed by atoms with Crippen molar-refractivity contribution >= 4 is 11.9 Å². The van der Waals surface area contributed by atoms with Gasteiger partial charge in [0.2, 0.25) is 5.91 Å². The number of carboxylic acid groups (broad SMARTS) is 1. The van der Waals surface area contributed by atoms with Crippen molar-refractivity contribution < 1.29 is 14.7 Å². The monoisotopic (exact) mass is 331 g/mol. The van der Waals surface area contributed by atoms with Crippen LogP contribution in [0.2, 0.25) is 0 Å². The summed E-state index contributed by atoms with van der Waals surface area (Å²) >= 11 is 0. The van der Waals surface area contributed by atoms with Gasteiger partial charge in [-0.25, -0.2) is 0 Å². The van der Waals surface area contributed by atoms with Gasteiger partial charge in [-0.15, -0.1) is 0 Å². The number of aryl methyl sites for hydroxylation is 2. The number of hydrogen-bond acceptors (Lipinski definition) is 4. The lowest BCUT2D eigenvalue weighted by Gasteiger charge is -2.39. The van der Waals surface area contributed by atoms with Crippen LogP contribution in [0.1, 0.15) is 30.9 Å². The molecule has 3 heterocycles. The van der Waals surface area contributed by atoms with Gasteiger partial charge in [-0.1, -0.05) is 0 Å². The van der Waals surface area contributed by atoms with E-state index in [4.69, 9.17) is 0 Å². The Balaban J connectivity index is 1.78. The number of piperidine rings is 1. The van der Waals surface area contributed by atoms with Gasteiger partial charge in [0, 0.05) is 50.7 Å². The van der Waals surface area contributed by atoms with Crippen molar-refractivity contribution in [3.8, 4) is 0 Å². The van der Waals surface area contributed by atoms with Crippen LogP contribution < -0.4 is 0 Å². The second-order valence-electron chi connectivity index (χ2n) is 6.09. The molecular weight excluding hydrogens is 310 g/mol. The van der Waals surface area contributed by atoms with Crippen LogP contribution >= 0.6 is 0 Å². The molecule has 128 valence electrons. The van der Waals surface area contributed by atoms with Gasteiger partial charge in [0.25, 0.3) is 0 Å². The molecule has 2 aromatic rings. The zero-order valence-corrected chi connectivity index (χ0v) is 13.6. The van der Waals surface area contributed by atoms with Crippen molar-refractivity contribution in [3.63, 3.8) is 0 Å². The molecule has 0 spiro atoms. The highest BCUT2D eigenvalue weighted by atomic mass is 16.4. The van der Waals surface area contributed by atoms with E-state index in [1.807, 2.05) is 16.9 Å². The Morgan fingerprint density at radius 1 is 1.38 bits per heavy atom. The fraction of sp³-hybridized carbons (Fsp3) is 0.500. The standard InChI is InChI=1S/C16H21N5O3/c1-19-11-12(10-18-19)15-13(16(23)24)4-5-14(22)21(15)9-3-8-20-7-2-6-17-20/h2,6-7,10-11,13,15H,3-5,8-9H2,1H3,(H,23,24). The fourth-order valence-electron chi connectivity index (χ4n) is 3.32. The summed E-state index contributed by atoms with van der Waals surface area (Å²) < 4.78 is 3.44. The van der Waals surface area contributed by atoms with E-state index < -0.39 is 17.9 Å². The van der Waals surface area contributed by atoms with Crippen molar-refractivity contribution in [1.82, 2.24) is 24.5 Å². The van der Waals surface area contributed by atoms with Gasteiger partial charge < -0.3 is 10.0 Å². The third kappa shape index (κ3) is 3.32. The fourth-order valence-corrected chi connectivity index (χ4v) is 3.32. The van der Waals surface area contributed by atoms with E-state index >= 15 is 0 Å². The molecule has 1 saturated heterocycles. The van der Waals surface area contributed by atoms with Crippen LogP contribution in [0.15, 0.2) is 30.9 Å². The third-order valence-electron chi connectivity index (χ3n) is 4.44. The van der Waals surface area contributed by atoms with Gasteiger partial charge in [-0.3, -0.25) is 19.0 Å². The van der Waals surface area contributed by atoms with Crippen molar-refractivity contribution in [2.45, 2.75) is 31.8 Å². The lowest BCUT2D eigenvalue weighted by atomic mass is 9.85. The average molecular weight is 331 g/mol. The van der Waals surface area contributed by atoms with Crippen LogP contribution in [0.4, 0.5) is 0 Å². The molecule has 3 rings (SSSR count). The number of nitrogens with zero attached hydrogens (tertiary/aromatic N) is 5. The van der Waals surface area contributed by atoms with Crippen molar-refractivity contribution in [1.29, 1.82) is 0 Å². The lowest BCUT2D eigenvalue weighted by molar-refractivity contribution is -0.152. The summed E-state index contributed by atoms with van der Waals surface area (Å²) in [5.74, 6) is -1.47. The first-order valence-electron chi connectivity index (χ1n) is 8.04. The molecule has 1 amide bonds. The molecule has 0 radical (unpaired) electrons. The molecule has 1 aliphatic rings. The first-order valence-corrected chi connectivity index (χ1v) is 8.04. The Morgan fingerprint density at radius 3 is 2.83 bits per heavy atom. The van der Waals surface area contributed by atoms with Crippen molar-refractivity contribution in [3.05, 3.63) is 36.4 Å². The zero-order valence-electron chi connectivity index (χ0n) is 13.6. The van der Waals surface area contributed by atoms with Crippen LogP contribution in [-0.2, 0) is 23.2 Å². The number of carbonyl (C=O) groups is 2. The topological polar surface area (TPSA) is 93.2 Å². The highest BCUT2D eigenvalue weighted by Crippen LogP contribution is 2.36. The molecule has 8 heteroatoms. The number of aliphatic carboxylic acids is 1. The SMILES string of the molecule is Cn1cc(C2C(C(=O)O)CCC(=O)N2CCCn2cccn2)cn1. The second kappa shape index (κ2) is 6.86. The molecule has 8 nitrogen and oxygen atoms in total. The maximum Gasteiger partial charge on any atom is 0.308 e. The van der Waals surface area contributed by atoms with Gasteiger partial charge in [0.1, 0.15) is 0 Å². The second-order valence-corrected chi connectivity index (χ2v) is 6.09. The molecule has 1 fully saturated rings. The highest BCUT2D eigenvalue weighted by molar-refractivity contribution is 5.81.